The van der Waals surface area contributed by atoms with E-state index in [4.69, 9.17) is 15.9 Å². The van der Waals surface area contributed by atoms with E-state index in [2.05, 4.69) is 21.9 Å². The molecule has 0 saturated carbocycles. The van der Waals surface area contributed by atoms with Crippen LogP contribution in [0.15, 0.2) is 24.3 Å². The number of ether oxygens (including phenoxy) is 1. The Labute approximate surface area is 108 Å². The molecule has 1 aliphatic rings. The zero-order chi connectivity index (χ0) is 13.0. The van der Waals surface area contributed by atoms with Gasteiger partial charge in [0.2, 0.25) is 0 Å². The molecular weight excluding hydrogens is 228 g/mol. The van der Waals surface area contributed by atoms with Crippen LogP contribution in [0, 0.1) is 5.41 Å². The van der Waals surface area contributed by atoms with Crippen molar-refractivity contribution in [2.75, 3.05) is 44.7 Å². The molecule has 1 aromatic carbocycles. The molecule has 1 aromatic rings. The third kappa shape index (κ3) is 3.13. The zero-order valence-electron chi connectivity index (χ0n) is 10.7. The van der Waals surface area contributed by atoms with Gasteiger partial charge in [-0.05, 0) is 24.3 Å². The molecular formula is C13H20N4O. The zero-order valence-corrected chi connectivity index (χ0v) is 10.7. The van der Waals surface area contributed by atoms with Crippen LogP contribution in [0.25, 0.3) is 0 Å². The Kier molecular flexibility index (Phi) is 4.04. The number of rotatable bonds is 4. The number of nitrogens with two attached hydrogens (primary N) is 1. The van der Waals surface area contributed by atoms with Crippen molar-refractivity contribution in [2.24, 2.45) is 5.73 Å². The van der Waals surface area contributed by atoms with Crippen molar-refractivity contribution in [1.82, 2.24) is 4.90 Å². The first-order valence-corrected chi connectivity index (χ1v) is 6.13. The molecule has 0 spiro atoms. The first-order valence-electron chi connectivity index (χ1n) is 6.13. The Morgan fingerprint density at radius 2 is 1.83 bits per heavy atom. The van der Waals surface area contributed by atoms with E-state index in [1.54, 1.807) is 7.11 Å². The SMILES string of the molecule is COc1ccc(N2CCN(CC(=N)N)CC2)cc1. The van der Waals surface area contributed by atoms with E-state index in [0.717, 1.165) is 31.9 Å². The standard InChI is InChI=1S/C13H20N4O/c1-18-12-4-2-11(3-5-12)17-8-6-16(7-9-17)10-13(14)15/h2-5H,6-10H2,1H3,(H3,14,15). The smallest absolute Gasteiger partial charge is 0.119 e. The first kappa shape index (κ1) is 12.7. The number of anilines is 1. The number of methoxy groups -OCH3 is 1. The molecule has 1 aliphatic heterocycles. The molecule has 3 N–H and O–H groups in total. The fourth-order valence-electron chi connectivity index (χ4n) is 2.20. The maximum atomic E-state index is 7.30. The van der Waals surface area contributed by atoms with Crippen LogP contribution >= 0.6 is 0 Å². The molecule has 0 aliphatic carbocycles. The topological polar surface area (TPSA) is 65.6 Å². The summed E-state index contributed by atoms with van der Waals surface area (Å²) >= 11 is 0. The lowest BCUT2D eigenvalue weighted by molar-refractivity contribution is 0.290. The number of amidine groups is 1. The summed E-state index contributed by atoms with van der Waals surface area (Å²) in [5, 5.41) is 7.30. The second-order valence-corrected chi connectivity index (χ2v) is 4.49. The van der Waals surface area contributed by atoms with Crippen molar-refractivity contribution in [3.63, 3.8) is 0 Å². The second-order valence-electron chi connectivity index (χ2n) is 4.49. The van der Waals surface area contributed by atoms with E-state index in [0.29, 0.717) is 6.54 Å². The molecule has 98 valence electrons. The van der Waals surface area contributed by atoms with Crippen LogP contribution in [0.4, 0.5) is 5.69 Å². The van der Waals surface area contributed by atoms with Crippen molar-refractivity contribution in [3.8, 4) is 5.75 Å². The highest BCUT2D eigenvalue weighted by Gasteiger charge is 2.17. The quantitative estimate of drug-likeness (QED) is 0.609. The summed E-state index contributed by atoms with van der Waals surface area (Å²) in [6.45, 7) is 4.42. The number of benzene rings is 1. The van der Waals surface area contributed by atoms with Gasteiger partial charge in [0.1, 0.15) is 11.6 Å². The molecule has 2 rings (SSSR count). The lowest BCUT2D eigenvalue weighted by atomic mass is 10.2. The van der Waals surface area contributed by atoms with Gasteiger partial charge in [0.15, 0.2) is 0 Å². The van der Waals surface area contributed by atoms with Gasteiger partial charge in [0, 0.05) is 31.9 Å². The summed E-state index contributed by atoms with van der Waals surface area (Å²) < 4.78 is 5.15. The van der Waals surface area contributed by atoms with E-state index in [9.17, 15) is 0 Å². The number of piperazine rings is 1. The maximum Gasteiger partial charge on any atom is 0.119 e. The molecule has 0 unspecified atom stereocenters. The second kappa shape index (κ2) is 5.73. The predicted molar refractivity (Wildman–Crippen MR) is 73.6 cm³/mol. The predicted octanol–water partition coefficient (Wildman–Crippen LogP) is 0.753. The highest BCUT2D eigenvalue weighted by atomic mass is 16.5. The van der Waals surface area contributed by atoms with Crippen molar-refractivity contribution in [2.45, 2.75) is 0 Å². The van der Waals surface area contributed by atoms with Gasteiger partial charge in [-0.3, -0.25) is 10.3 Å². The minimum atomic E-state index is 0.243. The van der Waals surface area contributed by atoms with Gasteiger partial charge in [0.05, 0.1) is 13.7 Å². The van der Waals surface area contributed by atoms with E-state index in [1.807, 2.05) is 12.1 Å². The molecule has 0 aromatic heterocycles. The van der Waals surface area contributed by atoms with Crippen LogP contribution < -0.4 is 15.4 Å². The van der Waals surface area contributed by atoms with Crippen LogP contribution in [0.5, 0.6) is 5.75 Å². The third-order valence-electron chi connectivity index (χ3n) is 3.20. The van der Waals surface area contributed by atoms with Gasteiger partial charge in [-0.25, -0.2) is 0 Å². The van der Waals surface area contributed by atoms with Gasteiger partial charge < -0.3 is 15.4 Å². The largest absolute Gasteiger partial charge is 0.497 e. The summed E-state index contributed by atoms with van der Waals surface area (Å²) in [5.41, 5.74) is 6.64. The average molecular weight is 248 g/mol. The lowest BCUT2D eigenvalue weighted by Gasteiger charge is -2.35. The Morgan fingerprint density at radius 1 is 1.22 bits per heavy atom. The fourth-order valence-corrected chi connectivity index (χ4v) is 2.20. The van der Waals surface area contributed by atoms with Crippen molar-refractivity contribution in [1.29, 1.82) is 5.41 Å². The number of hydrogen-bond donors (Lipinski definition) is 2. The lowest BCUT2D eigenvalue weighted by Crippen LogP contribution is -2.48. The summed E-state index contributed by atoms with van der Waals surface area (Å²) in [6.07, 6.45) is 0. The minimum Gasteiger partial charge on any atom is -0.497 e. The highest BCUT2D eigenvalue weighted by Crippen LogP contribution is 2.20. The molecule has 5 heteroatoms. The van der Waals surface area contributed by atoms with Gasteiger partial charge >= 0.3 is 0 Å². The van der Waals surface area contributed by atoms with Gasteiger partial charge in [-0.1, -0.05) is 0 Å². The molecule has 18 heavy (non-hydrogen) atoms. The molecule has 0 radical (unpaired) electrons. The molecule has 0 bridgehead atoms. The maximum absolute atomic E-state index is 7.30. The highest BCUT2D eigenvalue weighted by molar-refractivity contribution is 5.78. The van der Waals surface area contributed by atoms with Crippen molar-refractivity contribution in [3.05, 3.63) is 24.3 Å². The number of hydrogen-bond acceptors (Lipinski definition) is 4. The third-order valence-corrected chi connectivity index (χ3v) is 3.20. The average Bonchev–Trinajstić information content (AvgIpc) is 2.39. The molecule has 1 fully saturated rings. The van der Waals surface area contributed by atoms with E-state index in [-0.39, 0.29) is 5.84 Å². The fraction of sp³-hybridized carbons (Fsp3) is 0.462. The van der Waals surface area contributed by atoms with Crippen molar-refractivity contribution >= 4 is 11.5 Å². The number of nitrogens with zero attached hydrogens (tertiary/aromatic N) is 2. The van der Waals surface area contributed by atoms with Crippen LogP contribution in [0.1, 0.15) is 0 Å². The summed E-state index contributed by atoms with van der Waals surface area (Å²) in [7, 11) is 1.68. The Bertz CT molecular complexity index is 396. The Morgan fingerprint density at radius 3 is 2.33 bits per heavy atom. The van der Waals surface area contributed by atoms with Gasteiger partial charge in [-0.2, -0.15) is 0 Å². The van der Waals surface area contributed by atoms with Crippen LogP contribution in [0.3, 0.4) is 0 Å². The molecule has 0 atom stereocenters. The molecule has 0 amide bonds. The summed E-state index contributed by atoms with van der Waals surface area (Å²) in [4.78, 5) is 4.55. The summed E-state index contributed by atoms with van der Waals surface area (Å²) in [5.74, 6) is 1.13. The molecule has 5 nitrogen and oxygen atoms in total. The monoisotopic (exact) mass is 248 g/mol. The molecule has 1 saturated heterocycles. The molecule has 1 heterocycles. The number of nitrogens with one attached hydrogen (secondary N) is 1. The van der Waals surface area contributed by atoms with Gasteiger partial charge in [-0.15, -0.1) is 0 Å². The van der Waals surface area contributed by atoms with Crippen molar-refractivity contribution < 1.29 is 4.74 Å². The van der Waals surface area contributed by atoms with E-state index >= 15 is 0 Å². The van der Waals surface area contributed by atoms with E-state index < -0.39 is 0 Å². The Balaban J connectivity index is 1.90. The van der Waals surface area contributed by atoms with Gasteiger partial charge in [0.25, 0.3) is 0 Å². The van der Waals surface area contributed by atoms with Crippen LogP contribution in [0.2, 0.25) is 0 Å². The normalized spacial score (nSPS) is 16.6. The van der Waals surface area contributed by atoms with Crippen LogP contribution in [-0.2, 0) is 0 Å². The minimum absolute atomic E-state index is 0.243. The Hall–Kier alpha value is -1.75. The van der Waals surface area contributed by atoms with Crippen LogP contribution in [-0.4, -0.2) is 50.6 Å². The van der Waals surface area contributed by atoms with E-state index in [1.165, 1.54) is 5.69 Å². The first-order chi connectivity index (χ1) is 8.69. The summed E-state index contributed by atoms with van der Waals surface area (Å²) in [6, 6.07) is 8.13.